The first kappa shape index (κ1) is 12.2. The summed E-state index contributed by atoms with van der Waals surface area (Å²) in [6.07, 6.45) is 1.80. The Morgan fingerprint density at radius 3 is 3.05 bits per heavy atom. The molecule has 1 aliphatic rings. The molecule has 0 saturated heterocycles. The van der Waals surface area contributed by atoms with Gasteiger partial charge < -0.3 is 9.73 Å². The summed E-state index contributed by atoms with van der Waals surface area (Å²) in [7, 11) is 0. The van der Waals surface area contributed by atoms with Crippen molar-refractivity contribution < 1.29 is 8.81 Å². The van der Waals surface area contributed by atoms with E-state index >= 15 is 0 Å². The number of aromatic amines is 1. The third kappa shape index (κ3) is 2.11. The molecule has 2 aromatic carbocycles. The van der Waals surface area contributed by atoms with Crippen LogP contribution in [0.15, 0.2) is 45.6 Å². The second-order valence-corrected chi connectivity index (χ2v) is 5.30. The number of anilines is 1. The number of hydrogen-bond acceptors (Lipinski definition) is 3. The number of nitrogens with one attached hydrogen (secondary N) is 2. The van der Waals surface area contributed by atoms with Crippen LogP contribution in [0.3, 0.4) is 0 Å². The van der Waals surface area contributed by atoms with E-state index in [1.54, 1.807) is 12.1 Å². The Morgan fingerprint density at radius 2 is 2.14 bits per heavy atom. The van der Waals surface area contributed by atoms with E-state index < -0.39 is 5.76 Å². The van der Waals surface area contributed by atoms with Gasteiger partial charge in [-0.25, -0.2) is 9.18 Å². The highest BCUT2D eigenvalue weighted by molar-refractivity contribution is 5.77. The molecule has 21 heavy (non-hydrogen) atoms. The SMILES string of the molecule is O=c1[nH]c2cc(NC3CCc4cc(F)ccc43)ccc2o1. The highest BCUT2D eigenvalue weighted by Gasteiger charge is 2.22. The smallest absolute Gasteiger partial charge is 0.408 e. The molecule has 0 amide bonds. The fraction of sp³-hybridized carbons (Fsp3) is 0.188. The van der Waals surface area contributed by atoms with Gasteiger partial charge in [-0.2, -0.15) is 0 Å². The number of rotatable bonds is 2. The second kappa shape index (κ2) is 4.48. The fourth-order valence-electron chi connectivity index (χ4n) is 2.98. The van der Waals surface area contributed by atoms with Crippen LogP contribution in [0.2, 0.25) is 0 Å². The summed E-state index contributed by atoms with van der Waals surface area (Å²) in [6, 6.07) is 10.6. The molecule has 0 radical (unpaired) electrons. The lowest BCUT2D eigenvalue weighted by Gasteiger charge is -2.15. The van der Waals surface area contributed by atoms with Gasteiger partial charge in [0.2, 0.25) is 0 Å². The van der Waals surface area contributed by atoms with E-state index in [9.17, 15) is 9.18 Å². The lowest BCUT2D eigenvalue weighted by atomic mass is 10.1. The molecule has 2 N–H and O–H groups in total. The van der Waals surface area contributed by atoms with E-state index in [4.69, 9.17) is 4.42 Å². The molecule has 0 aliphatic heterocycles. The lowest BCUT2D eigenvalue weighted by molar-refractivity contribution is 0.555. The number of halogens is 1. The molecule has 4 rings (SSSR count). The van der Waals surface area contributed by atoms with Crippen molar-refractivity contribution in [2.24, 2.45) is 0 Å². The van der Waals surface area contributed by atoms with Gasteiger partial charge in [0.1, 0.15) is 5.82 Å². The van der Waals surface area contributed by atoms with Crippen molar-refractivity contribution in [2.45, 2.75) is 18.9 Å². The minimum atomic E-state index is -0.455. The average Bonchev–Trinajstić information content (AvgIpc) is 3.01. The summed E-state index contributed by atoms with van der Waals surface area (Å²) in [5, 5.41) is 3.43. The Labute approximate surface area is 119 Å². The van der Waals surface area contributed by atoms with Crippen molar-refractivity contribution in [3.8, 4) is 0 Å². The zero-order chi connectivity index (χ0) is 14.4. The standard InChI is InChI=1S/C16H13FN2O2/c17-10-2-4-12-9(7-10)1-5-13(12)18-11-3-6-15-14(8-11)19-16(20)21-15/h2-4,6-8,13,18H,1,5H2,(H,19,20). The molecule has 0 saturated carbocycles. The molecular weight excluding hydrogens is 271 g/mol. The monoisotopic (exact) mass is 284 g/mol. The van der Waals surface area contributed by atoms with E-state index in [2.05, 4.69) is 10.3 Å². The van der Waals surface area contributed by atoms with E-state index in [0.717, 1.165) is 29.7 Å². The molecule has 4 nitrogen and oxygen atoms in total. The maximum Gasteiger partial charge on any atom is 0.417 e. The minimum Gasteiger partial charge on any atom is -0.408 e. The number of hydrogen-bond donors (Lipinski definition) is 2. The molecule has 1 aromatic heterocycles. The van der Waals surface area contributed by atoms with Gasteiger partial charge in [0.15, 0.2) is 5.58 Å². The van der Waals surface area contributed by atoms with Crippen molar-refractivity contribution in [3.63, 3.8) is 0 Å². The molecule has 0 spiro atoms. The summed E-state index contributed by atoms with van der Waals surface area (Å²) in [5.41, 5.74) is 4.31. The van der Waals surface area contributed by atoms with Crippen LogP contribution in [0.1, 0.15) is 23.6 Å². The van der Waals surface area contributed by atoms with Crippen molar-refractivity contribution >= 4 is 16.8 Å². The molecule has 106 valence electrons. The Morgan fingerprint density at radius 1 is 1.24 bits per heavy atom. The van der Waals surface area contributed by atoms with Crippen molar-refractivity contribution in [1.29, 1.82) is 0 Å². The Hall–Kier alpha value is -2.56. The number of aryl methyl sites for hydroxylation is 1. The van der Waals surface area contributed by atoms with Crippen LogP contribution in [0, 0.1) is 5.82 Å². The van der Waals surface area contributed by atoms with Crippen molar-refractivity contribution in [3.05, 3.63) is 63.9 Å². The van der Waals surface area contributed by atoms with Crippen LogP contribution < -0.4 is 11.1 Å². The molecule has 0 bridgehead atoms. The number of H-pyrrole nitrogens is 1. The molecule has 1 aliphatic carbocycles. The van der Waals surface area contributed by atoms with Crippen LogP contribution in [-0.4, -0.2) is 4.98 Å². The topological polar surface area (TPSA) is 58.0 Å². The number of fused-ring (bicyclic) bond motifs is 2. The largest absolute Gasteiger partial charge is 0.417 e. The summed E-state index contributed by atoms with van der Waals surface area (Å²) < 4.78 is 18.2. The number of aromatic nitrogens is 1. The Balaban J connectivity index is 1.65. The van der Waals surface area contributed by atoms with Gasteiger partial charge >= 0.3 is 5.76 Å². The predicted molar refractivity (Wildman–Crippen MR) is 77.9 cm³/mol. The molecule has 1 atom stereocenters. The predicted octanol–water partition coefficient (Wildman–Crippen LogP) is 3.36. The van der Waals surface area contributed by atoms with Gasteiger partial charge in [0.05, 0.1) is 11.6 Å². The van der Waals surface area contributed by atoms with Crippen LogP contribution >= 0.6 is 0 Å². The zero-order valence-corrected chi connectivity index (χ0v) is 11.2. The fourth-order valence-corrected chi connectivity index (χ4v) is 2.98. The molecule has 5 heteroatoms. The lowest BCUT2D eigenvalue weighted by Crippen LogP contribution is -2.07. The van der Waals surface area contributed by atoms with Crippen LogP contribution in [0.4, 0.5) is 10.1 Å². The first-order valence-corrected chi connectivity index (χ1v) is 6.87. The highest BCUT2D eigenvalue weighted by Crippen LogP contribution is 2.34. The molecule has 0 fully saturated rings. The number of oxazole rings is 1. The molecule has 3 aromatic rings. The van der Waals surface area contributed by atoms with Crippen LogP contribution in [-0.2, 0) is 6.42 Å². The Bertz CT molecular complexity index is 881. The normalized spacial score (nSPS) is 17.1. The summed E-state index contributed by atoms with van der Waals surface area (Å²) >= 11 is 0. The molecule has 1 unspecified atom stereocenters. The summed E-state index contributed by atoms with van der Waals surface area (Å²) in [6.45, 7) is 0. The highest BCUT2D eigenvalue weighted by atomic mass is 19.1. The summed E-state index contributed by atoms with van der Waals surface area (Å²) in [5.74, 6) is -0.643. The summed E-state index contributed by atoms with van der Waals surface area (Å²) in [4.78, 5) is 13.8. The van der Waals surface area contributed by atoms with Gasteiger partial charge in [-0.3, -0.25) is 4.98 Å². The van der Waals surface area contributed by atoms with Gasteiger partial charge in [0, 0.05) is 5.69 Å². The maximum absolute atomic E-state index is 13.2. The van der Waals surface area contributed by atoms with E-state index in [1.165, 1.54) is 6.07 Å². The van der Waals surface area contributed by atoms with E-state index in [0.29, 0.717) is 11.1 Å². The van der Waals surface area contributed by atoms with Gasteiger partial charge in [-0.05, 0) is 54.3 Å². The zero-order valence-electron chi connectivity index (χ0n) is 11.2. The first-order valence-electron chi connectivity index (χ1n) is 6.87. The second-order valence-electron chi connectivity index (χ2n) is 5.30. The van der Waals surface area contributed by atoms with Crippen LogP contribution in [0.25, 0.3) is 11.1 Å². The number of benzene rings is 2. The third-order valence-electron chi connectivity index (χ3n) is 3.94. The first-order chi connectivity index (χ1) is 10.2. The van der Waals surface area contributed by atoms with Crippen LogP contribution in [0.5, 0.6) is 0 Å². The van der Waals surface area contributed by atoms with E-state index in [-0.39, 0.29) is 11.9 Å². The van der Waals surface area contributed by atoms with E-state index in [1.807, 2.05) is 18.2 Å². The third-order valence-corrected chi connectivity index (χ3v) is 3.94. The quantitative estimate of drug-likeness (QED) is 0.758. The Kier molecular flexibility index (Phi) is 2.60. The maximum atomic E-state index is 13.2. The van der Waals surface area contributed by atoms with Gasteiger partial charge in [-0.15, -0.1) is 0 Å². The molecule has 1 heterocycles. The van der Waals surface area contributed by atoms with Crippen molar-refractivity contribution in [1.82, 2.24) is 4.98 Å². The average molecular weight is 284 g/mol. The van der Waals surface area contributed by atoms with Gasteiger partial charge in [0.25, 0.3) is 0 Å². The molecular formula is C16H13FN2O2. The minimum absolute atomic E-state index is 0.164. The van der Waals surface area contributed by atoms with Crippen molar-refractivity contribution in [2.75, 3.05) is 5.32 Å². The van der Waals surface area contributed by atoms with Gasteiger partial charge in [-0.1, -0.05) is 6.07 Å².